The summed E-state index contributed by atoms with van der Waals surface area (Å²) in [5.74, 6) is 2.31. The van der Waals surface area contributed by atoms with Crippen LogP contribution in [0.1, 0.15) is 65.2 Å². The molecule has 5 rings (SSSR count). The summed E-state index contributed by atoms with van der Waals surface area (Å²) in [4.78, 5) is 12.2. The van der Waals surface area contributed by atoms with Crippen LogP contribution in [0, 0.1) is 39.9 Å². The number of carboxylic acids is 1. The summed E-state index contributed by atoms with van der Waals surface area (Å²) < 4.78 is 0. The summed E-state index contributed by atoms with van der Waals surface area (Å²) in [6.45, 7) is 4.40. The second kappa shape index (κ2) is 6.59. The van der Waals surface area contributed by atoms with E-state index in [-0.39, 0.29) is 22.9 Å². The highest BCUT2D eigenvalue weighted by Gasteiger charge is 2.68. The smallest absolute Gasteiger partial charge is 0.309 e. The molecule has 0 heterocycles. The van der Waals surface area contributed by atoms with Gasteiger partial charge < -0.3 is 10.2 Å². The van der Waals surface area contributed by atoms with Crippen LogP contribution in [-0.2, 0) is 4.79 Å². The SMILES string of the molecule is CSSC[C@H]1[C@H]2CC[C@@]3(CC[C@H]4[C@@](C)(CCC[C@@]4(C)C(=O)O)[C@@H]3C2)[C@@H]1O. The first-order valence-electron chi connectivity index (χ1n) is 10.4. The summed E-state index contributed by atoms with van der Waals surface area (Å²) in [7, 11) is 3.71. The van der Waals surface area contributed by atoms with Gasteiger partial charge in [-0.05, 0) is 92.6 Å². The largest absolute Gasteiger partial charge is 0.481 e. The molecule has 2 bridgehead atoms. The molecule has 0 aromatic carbocycles. The number of aliphatic carboxylic acids is 1. The molecule has 0 radical (unpaired) electrons. The Bertz CT molecular complexity index is 584. The number of aliphatic hydroxyl groups is 1. The minimum atomic E-state index is -0.597. The zero-order valence-corrected chi connectivity index (χ0v) is 18.0. The van der Waals surface area contributed by atoms with E-state index in [9.17, 15) is 15.0 Å². The normalized spacial score (nSPS) is 53.0. The van der Waals surface area contributed by atoms with Gasteiger partial charge >= 0.3 is 5.97 Å². The molecule has 8 atom stereocenters. The summed E-state index contributed by atoms with van der Waals surface area (Å²) in [6, 6.07) is 0. The van der Waals surface area contributed by atoms with Gasteiger partial charge in [-0.25, -0.2) is 0 Å². The molecule has 0 aromatic heterocycles. The predicted octanol–water partition coefficient (Wildman–Crippen LogP) is 5.08. The average molecular weight is 399 g/mol. The lowest BCUT2D eigenvalue weighted by atomic mass is 9.35. The molecule has 3 nitrogen and oxygen atoms in total. The van der Waals surface area contributed by atoms with Gasteiger partial charge in [-0.3, -0.25) is 4.79 Å². The van der Waals surface area contributed by atoms with Crippen molar-refractivity contribution in [1.82, 2.24) is 0 Å². The Kier molecular flexibility index (Phi) is 4.93. The lowest BCUT2D eigenvalue weighted by molar-refractivity contribution is -0.241. The van der Waals surface area contributed by atoms with E-state index in [2.05, 4.69) is 13.2 Å². The van der Waals surface area contributed by atoms with E-state index in [1.807, 2.05) is 28.5 Å². The minimum Gasteiger partial charge on any atom is -0.481 e. The van der Waals surface area contributed by atoms with Gasteiger partial charge in [-0.2, -0.15) is 0 Å². The van der Waals surface area contributed by atoms with Crippen molar-refractivity contribution in [2.24, 2.45) is 39.9 Å². The van der Waals surface area contributed by atoms with Gasteiger partial charge in [0.1, 0.15) is 0 Å². The number of carbonyl (C=O) groups is 1. The van der Waals surface area contributed by atoms with E-state index < -0.39 is 11.4 Å². The number of hydrogen-bond donors (Lipinski definition) is 2. The maximum atomic E-state index is 12.2. The van der Waals surface area contributed by atoms with Crippen LogP contribution in [0.4, 0.5) is 0 Å². The van der Waals surface area contributed by atoms with Crippen LogP contribution < -0.4 is 0 Å². The summed E-state index contributed by atoms with van der Waals surface area (Å²) in [6.07, 6.45) is 10.6. The summed E-state index contributed by atoms with van der Waals surface area (Å²) >= 11 is 0. The molecule has 2 N–H and O–H groups in total. The van der Waals surface area contributed by atoms with Gasteiger partial charge in [0, 0.05) is 5.75 Å². The van der Waals surface area contributed by atoms with Crippen LogP contribution in [0.3, 0.4) is 0 Å². The molecule has 5 aliphatic rings. The third kappa shape index (κ3) is 2.48. The van der Waals surface area contributed by atoms with E-state index in [0.29, 0.717) is 17.8 Å². The van der Waals surface area contributed by atoms with Crippen molar-refractivity contribution in [3.05, 3.63) is 0 Å². The van der Waals surface area contributed by atoms with E-state index in [1.165, 1.54) is 12.8 Å². The number of fused-ring (bicyclic) bond motifs is 3. The van der Waals surface area contributed by atoms with Gasteiger partial charge in [0.2, 0.25) is 0 Å². The van der Waals surface area contributed by atoms with Crippen molar-refractivity contribution >= 4 is 27.6 Å². The Morgan fingerprint density at radius 2 is 1.85 bits per heavy atom. The van der Waals surface area contributed by atoms with Crippen molar-refractivity contribution in [3.63, 3.8) is 0 Å². The standard InChI is InChI=1S/C21H34O3S2/c1-19-7-4-8-20(2,18(23)24)15(19)6-10-21-9-5-13(11-16(19)21)14(17(21)22)12-26-25-3/h13-17,22H,4-12H2,1-3H3,(H,23,24)/t13-,14-,15-,16-,17+,19+,20+,21-/m0/s1. The fraction of sp³-hybridized carbons (Fsp3) is 0.952. The number of aliphatic hydroxyl groups excluding tert-OH is 1. The first kappa shape index (κ1) is 19.4. The van der Waals surface area contributed by atoms with Crippen LogP contribution in [0.5, 0.6) is 0 Å². The number of carboxylic acid groups (broad SMARTS) is 1. The zero-order chi connectivity index (χ0) is 18.7. The van der Waals surface area contributed by atoms with Crippen LogP contribution in [-0.4, -0.2) is 34.3 Å². The minimum absolute atomic E-state index is 0.0559. The van der Waals surface area contributed by atoms with Gasteiger partial charge in [-0.15, -0.1) is 0 Å². The third-order valence-corrected chi connectivity index (χ3v) is 11.2. The highest BCUT2D eigenvalue weighted by molar-refractivity contribution is 8.76. The molecule has 5 heteroatoms. The Morgan fingerprint density at radius 1 is 1.12 bits per heavy atom. The lowest BCUT2D eigenvalue weighted by Crippen LogP contribution is -2.67. The summed E-state index contributed by atoms with van der Waals surface area (Å²) in [5, 5.41) is 21.5. The van der Waals surface area contributed by atoms with Crippen LogP contribution in [0.15, 0.2) is 0 Å². The molecule has 5 fully saturated rings. The average Bonchev–Trinajstić information content (AvgIpc) is 2.61. The number of rotatable bonds is 4. The molecule has 0 aromatic rings. The van der Waals surface area contributed by atoms with E-state index in [0.717, 1.165) is 44.3 Å². The lowest BCUT2D eigenvalue weighted by Gasteiger charge is -2.70. The highest BCUT2D eigenvalue weighted by Crippen LogP contribution is 2.72. The topological polar surface area (TPSA) is 57.5 Å². The molecule has 5 saturated carbocycles. The van der Waals surface area contributed by atoms with E-state index in [4.69, 9.17) is 0 Å². The molecule has 1 spiro atoms. The molecule has 0 unspecified atom stereocenters. The molecular weight excluding hydrogens is 364 g/mol. The van der Waals surface area contributed by atoms with Crippen LogP contribution >= 0.6 is 21.6 Å². The van der Waals surface area contributed by atoms with E-state index in [1.54, 1.807) is 0 Å². The quantitative estimate of drug-likeness (QED) is 0.647. The molecular formula is C21H34O3S2. The Hall–Kier alpha value is 0.130. The predicted molar refractivity (Wildman–Crippen MR) is 109 cm³/mol. The highest BCUT2D eigenvalue weighted by atomic mass is 33.1. The maximum absolute atomic E-state index is 12.2. The van der Waals surface area contributed by atoms with Crippen molar-refractivity contribution < 1.29 is 15.0 Å². The summed E-state index contributed by atoms with van der Waals surface area (Å²) in [5.41, 5.74) is -0.439. The Morgan fingerprint density at radius 3 is 2.54 bits per heavy atom. The van der Waals surface area contributed by atoms with Gasteiger partial charge in [0.15, 0.2) is 0 Å². The second-order valence-electron chi connectivity index (χ2n) is 10.1. The van der Waals surface area contributed by atoms with Crippen molar-refractivity contribution in [2.75, 3.05) is 12.0 Å². The van der Waals surface area contributed by atoms with Crippen LogP contribution in [0.2, 0.25) is 0 Å². The van der Waals surface area contributed by atoms with Gasteiger partial charge in [0.05, 0.1) is 11.5 Å². The fourth-order valence-corrected chi connectivity index (χ4v) is 9.73. The third-order valence-electron chi connectivity index (χ3n) is 9.35. The van der Waals surface area contributed by atoms with Gasteiger partial charge in [0.25, 0.3) is 0 Å². The molecule has 0 aliphatic heterocycles. The Balaban J connectivity index is 1.68. The number of hydrogen-bond acceptors (Lipinski definition) is 4. The van der Waals surface area contributed by atoms with Crippen LogP contribution in [0.25, 0.3) is 0 Å². The first-order valence-corrected chi connectivity index (χ1v) is 13.1. The zero-order valence-electron chi connectivity index (χ0n) is 16.4. The molecule has 26 heavy (non-hydrogen) atoms. The second-order valence-corrected chi connectivity index (χ2v) is 12.7. The Labute approximate surface area is 165 Å². The molecule has 148 valence electrons. The van der Waals surface area contributed by atoms with Crippen molar-refractivity contribution in [3.8, 4) is 0 Å². The van der Waals surface area contributed by atoms with Gasteiger partial charge in [-0.1, -0.05) is 34.9 Å². The fourth-order valence-electron chi connectivity index (χ4n) is 8.10. The van der Waals surface area contributed by atoms with E-state index >= 15 is 0 Å². The molecule has 0 saturated heterocycles. The van der Waals surface area contributed by atoms with Crippen molar-refractivity contribution in [1.29, 1.82) is 0 Å². The molecule has 5 aliphatic carbocycles. The first-order chi connectivity index (χ1) is 12.3. The monoisotopic (exact) mass is 398 g/mol. The molecule has 0 amide bonds. The maximum Gasteiger partial charge on any atom is 0.309 e. The van der Waals surface area contributed by atoms with Crippen molar-refractivity contribution in [2.45, 2.75) is 71.3 Å².